The molecule has 0 spiro atoms. The minimum atomic E-state index is -0.499. The average molecular weight is 182 g/mol. The van der Waals surface area contributed by atoms with Crippen LogP contribution in [-0.4, -0.2) is 21.4 Å². The van der Waals surface area contributed by atoms with Gasteiger partial charge in [0.25, 0.3) is 0 Å². The predicted molar refractivity (Wildman–Crippen MR) is 49.9 cm³/mol. The number of benzene rings is 1. The maximum atomic E-state index is 9.29. The monoisotopic (exact) mass is 182 g/mol. The van der Waals surface area contributed by atoms with Crippen LogP contribution >= 0.6 is 0 Å². The zero-order valence-corrected chi connectivity index (χ0v) is 7.73. The third-order valence-corrected chi connectivity index (χ3v) is 2.17. The molecule has 0 fully saturated rings. The molecule has 13 heavy (non-hydrogen) atoms. The van der Waals surface area contributed by atoms with Gasteiger partial charge < -0.3 is 15.3 Å². The lowest BCUT2D eigenvalue weighted by molar-refractivity contribution is 0.169. The smallest absolute Gasteiger partial charge is 0.119 e. The van der Waals surface area contributed by atoms with E-state index in [4.69, 9.17) is 0 Å². The zero-order chi connectivity index (χ0) is 10.0. The number of hydrogen-bond donors (Lipinski definition) is 3. The van der Waals surface area contributed by atoms with E-state index in [1.165, 1.54) is 18.2 Å². The summed E-state index contributed by atoms with van der Waals surface area (Å²) >= 11 is 0. The normalized spacial score (nSPS) is 15.3. The van der Waals surface area contributed by atoms with Crippen LogP contribution in [0, 0.1) is 0 Å². The average Bonchev–Trinajstić information content (AvgIpc) is 2.01. The van der Waals surface area contributed by atoms with Crippen molar-refractivity contribution < 1.29 is 15.3 Å². The highest BCUT2D eigenvalue weighted by atomic mass is 16.3. The summed E-state index contributed by atoms with van der Waals surface area (Å²) in [6.45, 7) is 3.50. The maximum Gasteiger partial charge on any atom is 0.119 e. The van der Waals surface area contributed by atoms with Crippen molar-refractivity contribution in [3.05, 3.63) is 23.8 Å². The molecule has 0 unspecified atom stereocenters. The highest BCUT2D eigenvalue weighted by molar-refractivity contribution is 5.38. The van der Waals surface area contributed by atoms with Gasteiger partial charge in [-0.25, -0.2) is 0 Å². The summed E-state index contributed by atoms with van der Waals surface area (Å²) in [5.74, 6) is -0.0667. The molecule has 0 bridgehead atoms. The van der Waals surface area contributed by atoms with Gasteiger partial charge in [0.2, 0.25) is 0 Å². The van der Waals surface area contributed by atoms with Crippen LogP contribution in [-0.2, 0) is 0 Å². The Labute approximate surface area is 77.3 Å². The third kappa shape index (κ3) is 2.36. The molecule has 0 aromatic heterocycles. The lowest BCUT2D eigenvalue weighted by Crippen LogP contribution is -2.10. The van der Waals surface area contributed by atoms with E-state index in [2.05, 4.69) is 0 Å². The van der Waals surface area contributed by atoms with Crippen LogP contribution < -0.4 is 0 Å². The summed E-state index contributed by atoms with van der Waals surface area (Å²) in [4.78, 5) is 0. The van der Waals surface area contributed by atoms with Gasteiger partial charge in [0.05, 0.1) is 6.10 Å². The van der Waals surface area contributed by atoms with Gasteiger partial charge >= 0.3 is 0 Å². The Morgan fingerprint density at radius 3 is 1.85 bits per heavy atom. The highest BCUT2D eigenvalue weighted by Gasteiger charge is 2.12. The fraction of sp³-hybridized carbons (Fsp3) is 0.400. The molecule has 0 saturated carbocycles. The summed E-state index contributed by atoms with van der Waals surface area (Å²) in [5, 5.41) is 27.7. The summed E-state index contributed by atoms with van der Waals surface area (Å²) in [6, 6.07) is 4.34. The predicted octanol–water partition coefficient (Wildman–Crippen LogP) is 1.58. The van der Waals surface area contributed by atoms with E-state index in [1.807, 2.05) is 6.92 Å². The van der Waals surface area contributed by atoms with Crippen molar-refractivity contribution in [2.24, 2.45) is 0 Å². The van der Waals surface area contributed by atoms with E-state index in [9.17, 15) is 15.3 Å². The molecule has 72 valence electrons. The quantitative estimate of drug-likeness (QED) is 0.650. The Morgan fingerprint density at radius 2 is 1.46 bits per heavy atom. The Kier molecular flexibility index (Phi) is 2.78. The summed E-state index contributed by atoms with van der Waals surface area (Å²) in [5.41, 5.74) is 0.729. The number of aliphatic hydroxyl groups is 1. The number of aromatic hydroxyl groups is 2. The van der Waals surface area contributed by atoms with Crippen molar-refractivity contribution in [2.45, 2.75) is 25.9 Å². The molecule has 1 aromatic carbocycles. The van der Waals surface area contributed by atoms with E-state index in [0.29, 0.717) is 0 Å². The second-order valence-electron chi connectivity index (χ2n) is 3.31. The molecular weight excluding hydrogens is 168 g/mol. The first kappa shape index (κ1) is 9.86. The zero-order valence-electron chi connectivity index (χ0n) is 7.73. The van der Waals surface area contributed by atoms with Gasteiger partial charge in [0, 0.05) is 12.0 Å². The molecule has 2 atom stereocenters. The molecule has 0 aliphatic rings. The number of hydrogen-bond acceptors (Lipinski definition) is 3. The van der Waals surface area contributed by atoms with Crippen LogP contribution in [0.15, 0.2) is 18.2 Å². The Hall–Kier alpha value is -1.22. The first-order chi connectivity index (χ1) is 6.00. The van der Waals surface area contributed by atoms with E-state index in [-0.39, 0.29) is 17.4 Å². The van der Waals surface area contributed by atoms with Gasteiger partial charge in [-0.3, -0.25) is 0 Å². The van der Waals surface area contributed by atoms with Gasteiger partial charge in [-0.15, -0.1) is 0 Å². The molecule has 0 radical (unpaired) electrons. The van der Waals surface area contributed by atoms with Gasteiger partial charge in [-0.1, -0.05) is 6.92 Å². The third-order valence-electron chi connectivity index (χ3n) is 2.17. The van der Waals surface area contributed by atoms with Gasteiger partial charge in [-0.2, -0.15) is 0 Å². The topological polar surface area (TPSA) is 60.7 Å². The molecule has 1 rings (SSSR count). The first-order valence-corrected chi connectivity index (χ1v) is 4.21. The molecule has 3 heteroatoms. The van der Waals surface area contributed by atoms with Gasteiger partial charge in [0.1, 0.15) is 11.5 Å². The summed E-state index contributed by atoms with van der Waals surface area (Å²) in [6.07, 6.45) is -0.499. The molecule has 0 saturated heterocycles. The van der Waals surface area contributed by atoms with E-state index < -0.39 is 6.10 Å². The van der Waals surface area contributed by atoms with Crippen LogP contribution in [0.4, 0.5) is 0 Å². The van der Waals surface area contributed by atoms with E-state index in [0.717, 1.165) is 5.56 Å². The largest absolute Gasteiger partial charge is 0.508 e. The van der Waals surface area contributed by atoms with Crippen molar-refractivity contribution >= 4 is 0 Å². The fourth-order valence-corrected chi connectivity index (χ4v) is 1.16. The van der Waals surface area contributed by atoms with Crippen molar-refractivity contribution in [3.63, 3.8) is 0 Å². The van der Waals surface area contributed by atoms with Crippen LogP contribution in [0.3, 0.4) is 0 Å². The standard InChI is InChI=1S/C10H14O3/c1-6(7(2)11)8-3-9(12)5-10(13)4-8/h3-7,11-13H,1-2H3/t6-,7-/m1/s1. The summed E-state index contributed by atoms with van der Waals surface area (Å²) < 4.78 is 0. The molecule has 0 heterocycles. The van der Waals surface area contributed by atoms with Gasteiger partial charge in [-0.05, 0) is 24.6 Å². The lowest BCUT2D eigenvalue weighted by atomic mass is 9.96. The van der Waals surface area contributed by atoms with Crippen LogP contribution in [0.25, 0.3) is 0 Å². The minimum Gasteiger partial charge on any atom is -0.508 e. The number of phenols is 2. The van der Waals surface area contributed by atoms with Crippen molar-refractivity contribution in [1.82, 2.24) is 0 Å². The maximum absolute atomic E-state index is 9.29. The van der Waals surface area contributed by atoms with Crippen LogP contribution in [0.1, 0.15) is 25.3 Å². The Bertz CT molecular complexity index is 274. The second-order valence-corrected chi connectivity index (χ2v) is 3.31. The molecule has 0 aliphatic carbocycles. The first-order valence-electron chi connectivity index (χ1n) is 4.21. The van der Waals surface area contributed by atoms with Crippen molar-refractivity contribution in [1.29, 1.82) is 0 Å². The molecule has 0 amide bonds. The van der Waals surface area contributed by atoms with E-state index in [1.54, 1.807) is 6.92 Å². The molecule has 3 N–H and O–H groups in total. The highest BCUT2D eigenvalue weighted by Crippen LogP contribution is 2.27. The number of aliphatic hydroxyl groups excluding tert-OH is 1. The molecule has 3 nitrogen and oxygen atoms in total. The Balaban J connectivity index is 3.01. The van der Waals surface area contributed by atoms with Crippen LogP contribution in [0.5, 0.6) is 11.5 Å². The van der Waals surface area contributed by atoms with Crippen molar-refractivity contribution in [2.75, 3.05) is 0 Å². The lowest BCUT2D eigenvalue weighted by Gasteiger charge is -2.15. The Morgan fingerprint density at radius 1 is 1.00 bits per heavy atom. The SMILES string of the molecule is C[C@@H](O)[C@@H](C)c1cc(O)cc(O)c1. The fourth-order valence-electron chi connectivity index (χ4n) is 1.16. The molecule has 0 aliphatic heterocycles. The van der Waals surface area contributed by atoms with Gasteiger partial charge in [0.15, 0.2) is 0 Å². The van der Waals surface area contributed by atoms with Crippen molar-refractivity contribution in [3.8, 4) is 11.5 Å². The second kappa shape index (κ2) is 3.66. The molecule has 1 aromatic rings. The number of phenolic OH excluding ortho intramolecular Hbond substituents is 2. The number of rotatable bonds is 2. The van der Waals surface area contributed by atoms with Crippen LogP contribution in [0.2, 0.25) is 0 Å². The molecular formula is C10H14O3. The summed E-state index contributed by atoms with van der Waals surface area (Å²) in [7, 11) is 0. The minimum absolute atomic E-state index is 0.0162. The van der Waals surface area contributed by atoms with E-state index >= 15 is 0 Å².